The molecule has 0 aliphatic heterocycles. The molecule has 0 unspecified atom stereocenters. The Bertz CT molecular complexity index is 940. The maximum absolute atomic E-state index is 12.2. The first-order chi connectivity index (χ1) is 14.5. The third-order valence-corrected chi connectivity index (χ3v) is 5.34. The lowest BCUT2D eigenvalue weighted by molar-refractivity contribution is -0.120. The zero-order chi connectivity index (χ0) is 21.3. The molecule has 158 valence electrons. The highest BCUT2D eigenvalue weighted by atomic mass is 35.5. The number of nitrogens with zero attached hydrogens (tertiary/aromatic N) is 1. The predicted molar refractivity (Wildman–Crippen MR) is 120 cm³/mol. The van der Waals surface area contributed by atoms with Gasteiger partial charge < -0.3 is 14.8 Å². The maximum atomic E-state index is 12.2. The molecule has 0 fully saturated rings. The van der Waals surface area contributed by atoms with E-state index in [0.29, 0.717) is 24.8 Å². The Morgan fingerprint density at radius 2 is 1.77 bits per heavy atom. The summed E-state index contributed by atoms with van der Waals surface area (Å²) in [7, 11) is 0. The number of nitrogens with one attached hydrogen (secondary N) is 1. The van der Waals surface area contributed by atoms with Crippen molar-refractivity contribution in [1.29, 1.82) is 0 Å². The van der Waals surface area contributed by atoms with Gasteiger partial charge in [-0.3, -0.25) is 4.79 Å². The van der Waals surface area contributed by atoms with Crippen LogP contribution in [0.15, 0.2) is 53.9 Å². The number of amides is 1. The molecule has 1 amide bonds. The van der Waals surface area contributed by atoms with E-state index in [-0.39, 0.29) is 18.4 Å². The van der Waals surface area contributed by atoms with Crippen LogP contribution in [0.3, 0.4) is 0 Å². The molecule has 0 saturated carbocycles. The van der Waals surface area contributed by atoms with Crippen LogP contribution in [0.25, 0.3) is 0 Å². The molecular formula is C23H25ClN2O3S. The van der Waals surface area contributed by atoms with Crippen LogP contribution in [-0.4, -0.2) is 17.0 Å². The van der Waals surface area contributed by atoms with Gasteiger partial charge in [0.15, 0.2) is 0 Å². The third kappa shape index (κ3) is 7.44. The Balaban J connectivity index is 1.41. The van der Waals surface area contributed by atoms with Crippen molar-refractivity contribution in [1.82, 2.24) is 10.3 Å². The van der Waals surface area contributed by atoms with E-state index in [4.69, 9.17) is 21.1 Å². The summed E-state index contributed by atoms with van der Waals surface area (Å²) in [6, 6.07) is 15.3. The van der Waals surface area contributed by atoms with E-state index in [9.17, 15) is 4.79 Å². The van der Waals surface area contributed by atoms with Crippen LogP contribution < -0.4 is 10.1 Å². The van der Waals surface area contributed by atoms with Gasteiger partial charge in [-0.05, 0) is 49.2 Å². The first kappa shape index (κ1) is 22.3. The molecule has 0 atom stereocenters. The lowest BCUT2D eigenvalue weighted by atomic mass is 10.1. The molecule has 0 spiro atoms. The summed E-state index contributed by atoms with van der Waals surface area (Å²) < 4.78 is 11.3. The van der Waals surface area contributed by atoms with Crippen LogP contribution in [0.4, 0.5) is 0 Å². The fourth-order valence-electron chi connectivity index (χ4n) is 2.62. The Labute approximate surface area is 186 Å². The number of carbonyl (C=O) groups is 1. The van der Waals surface area contributed by atoms with Gasteiger partial charge in [0.05, 0.1) is 24.8 Å². The van der Waals surface area contributed by atoms with Crippen LogP contribution >= 0.6 is 22.9 Å². The second-order valence-corrected chi connectivity index (χ2v) is 8.48. The van der Waals surface area contributed by atoms with Crippen molar-refractivity contribution in [3.63, 3.8) is 0 Å². The normalized spacial score (nSPS) is 10.9. The van der Waals surface area contributed by atoms with Crippen LogP contribution in [0.2, 0.25) is 5.02 Å². The molecule has 0 aliphatic carbocycles. The highest BCUT2D eigenvalue weighted by Gasteiger charge is 2.09. The molecule has 3 rings (SSSR count). The van der Waals surface area contributed by atoms with Crippen molar-refractivity contribution < 1.29 is 14.3 Å². The van der Waals surface area contributed by atoms with Gasteiger partial charge in [0.1, 0.15) is 17.4 Å². The lowest BCUT2D eigenvalue weighted by Gasteiger charge is -2.09. The van der Waals surface area contributed by atoms with Crippen molar-refractivity contribution in [2.75, 3.05) is 0 Å². The molecule has 0 bridgehead atoms. The van der Waals surface area contributed by atoms with E-state index < -0.39 is 0 Å². The molecule has 1 aromatic heterocycles. The molecule has 1 N–H and O–H groups in total. The monoisotopic (exact) mass is 444 g/mol. The number of thiazole rings is 1. The number of hydrogen-bond acceptors (Lipinski definition) is 5. The average Bonchev–Trinajstić information content (AvgIpc) is 3.18. The molecule has 2 aromatic carbocycles. The summed E-state index contributed by atoms with van der Waals surface area (Å²) in [5.74, 6) is 0.674. The van der Waals surface area contributed by atoms with Gasteiger partial charge in [0.25, 0.3) is 0 Å². The zero-order valence-corrected chi connectivity index (χ0v) is 18.6. The summed E-state index contributed by atoms with van der Waals surface area (Å²) in [6.07, 6.45) is 0.455. The molecule has 7 heteroatoms. The number of benzene rings is 2. The van der Waals surface area contributed by atoms with E-state index in [1.54, 1.807) is 12.1 Å². The van der Waals surface area contributed by atoms with E-state index in [1.807, 2.05) is 55.6 Å². The molecule has 1 heterocycles. The maximum Gasteiger partial charge on any atom is 0.226 e. The van der Waals surface area contributed by atoms with Crippen molar-refractivity contribution in [3.8, 4) is 5.75 Å². The average molecular weight is 445 g/mol. The standard InChI is InChI=1S/C23H25ClN2O3S/c1-16(2)28-13-18-5-3-17(4-6-18)12-25-22(27)11-20-15-30-23(26-20)14-29-21-9-7-19(24)8-10-21/h3-10,15-16H,11-14H2,1-2H3,(H,25,27). The van der Waals surface area contributed by atoms with Crippen molar-refractivity contribution in [2.45, 2.75) is 46.1 Å². The van der Waals surface area contributed by atoms with Gasteiger partial charge in [-0.1, -0.05) is 35.9 Å². The first-order valence-electron chi connectivity index (χ1n) is 9.75. The van der Waals surface area contributed by atoms with Gasteiger partial charge in [-0.25, -0.2) is 4.98 Å². The molecule has 0 aliphatic rings. The number of rotatable bonds is 10. The molecule has 5 nitrogen and oxygen atoms in total. The number of ether oxygens (including phenoxy) is 2. The molecular weight excluding hydrogens is 420 g/mol. The zero-order valence-electron chi connectivity index (χ0n) is 17.1. The van der Waals surface area contributed by atoms with Crippen LogP contribution in [-0.2, 0) is 35.7 Å². The second kappa shape index (κ2) is 11.1. The van der Waals surface area contributed by atoms with E-state index in [0.717, 1.165) is 27.6 Å². The van der Waals surface area contributed by atoms with Crippen molar-refractivity contribution in [3.05, 3.63) is 80.8 Å². The van der Waals surface area contributed by atoms with Gasteiger partial charge in [0.2, 0.25) is 5.91 Å². The molecule has 0 radical (unpaired) electrons. The van der Waals surface area contributed by atoms with Crippen LogP contribution in [0, 0.1) is 0 Å². The third-order valence-electron chi connectivity index (χ3n) is 4.21. The minimum Gasteiger partial charge on any atom is -0.486 e. The number of hydrogen-bond donors (Lipinski definition) is 1. The summed E-state index contributed by atoms with van der Waals surface area (Å²) in [5.41, 5.74) is 2.91. The molecule has 0 saturated heterocycles. The summed E-state index contributed by atoms with van der Waals surface area (Å²) in [6.45, 7) is 5.48. The van der Waals surface area contributed by atoms with Gasteiger partial charge in [-0.2, -0.15) is 0 Å². The number of halogens is 1. The predicted octanol–water partition coefficient (Wildman–Crippen LogP) is 5.16. The Kier molecular flexibility index (Phi) is 8.25. The summed E-state index contributed by atoms with van der Waals surface area (Å²) in [4.78, 5) is 16.7. The quantitative estimate of drug-likeness (QED) is 0.469. The van der Waals surface area contributed by atoms with E-state index in [2.05, 4.69) is 10.3 Å². The van der Waals surface area contributed by atoms with Crippen LogP contribution in [0.5, 0.6) is 5.75 Å². The van der Waals surface area contributed by atoms with Gasteiger partial charge >= 0.3 is 0 Å². The lowest BCUT2D eigenvalue weighted by Crippen LogP contribution is -2.24. The summed E-state index contributed by atoms with van der Waals surface area (Å²) in [5, 5.41) is 6.33. The van der Waals surface area contributed by atoms with E-state index in [1.165, 1.54) is 11.3 Å². The topological polar surface area (TPSA) is 60.5 Å². The molecule has 3 aromatic rings. The van der Waals surface area contributed by atoms with E-state index >= 15 is 0 Å². The first-order valence-corrected chi connectivity index (χ1v) is 11.0. The highest BCUT2D eigenvalue weighted by molar-refractivity contribution is 7.09. The summed E-state index contributed by atoms with van der Waals surface area (Å²) >= 11 is 7.35. The second-order valence-electron chi connectivity index (χ2n) is 7.10. The highest BCUT2D eigenvalue weighted by Crippen LogP contribution is 2.18. The van der Waals surface area contributed by atoms with Crippen molar-refractivity contribution >= 4 is 28.8 Å². The van der Waals surface area contributed by atoms with Gasteiger partial charge in [-0.15, -0.1) is 11.3 Å². The number of carbonyl (C=O) groups excluding carboxylic acids is 1. The van der Waals surface area contributed by atoms with Crippen molar-refractivity contribution in [2.24, 2.45) is 0 Å². The number of aromatic nitrogens is 1. The Morgan fingerprint density at radius 3 is 2.47 bits per heavy atom. The largest absolute Gasteiger partial charge is 0.486 e. The Hall–Kier alpha value is -2.41. The minimum absolute atomic E-state index is 0.0577. The smallest absolute Gasteiger partial charge is 0.226 e. The fraction of sp³-hybridized carbons (Fsp3) is 0.304. The van der Waals surface area contributed by atoms with Gasteiger partial charge in [0, 0.05) is 16.9 Å². The SMILES string of the molecule is CC(C)OCc1ccc(CNC(=O)Cc2csc(COc3ccc(Cl)cc3)n2)cc1. The fourth-order valence-corrected chi connectivity index (χ4v) is 3.45. The Morgan fingerprint density at radius 1 is 1.07 bits per heavy atom. The minimum atomic E-state index is -0.0577. The van der Waals surface area contributed by atoms with Crippen LogP contribution in [0.1, 0.15) is 35.7 Å². The molecule has 30 heavy (non-hydrogen) atoms.